The molecule has 0 saturated carbocycles. The molecule has 2 heterocycles. The average Bonchev–Trinajstić information content (AvgIpc) is 2.96. The van der Waals surface area contributed by atoms with Gasteiger partial charge >= 0.3 is 0 Å². The van der Waals surface area contributed by atoms with Crippen molar-refractivity contribution < 1.29 is 0 Å². The molecule has 1 saturated heterocycles. The van der Waals surface area contributed by atoms with Crippen LogP contribution in [0.2, 0.25) is 0 Å². The summed E-state index contributed by atoms with van der Waals surface area (Å²) in [7, 11) is 2.18. The van der Waals surface area contributed by atoms with Crippen molar-refractivity contribution in [2.75, 3.05) is 25.5 Å². The quantitative estimate of drug-likeness (QED) is 0.910. The Balaban J connectivity index is 1.70. The van der Waals surface area contributed by atoms with Gasteiger partial charge in [-0.25, -0.2) is 0 Å². The zero-order valence-electron chi connectivity index (χ0n) is 11.2. The molecule has 1 fully saturated rings. The van der Waals surface area contributed by atoms with Crippen LogP contribution in [-0.2, 0) is 0 Å². The van der Waals surface area contributed by atoms with Gasteiger partial charge in [-0.15, -0.1) is 10.2 Å². The van der Waals surface area contributed by atoms with E-state index >= 15 is 0 Å². The molecule has 0 amide bonds. The van der Waals surface area contributed by atoms with Crippen molar-refractivity contribution in [2.45, 2.75) is 18.9 Å². The summed E-state index contributed by atoms with van der Waals surface area (Å²) in [6, 6.07) is 8.95. The third-order valence-electron chi connectivity index (χ3n) is 3.65. The van der Waals surface area contributed by atoms with Gasteiger partial charge in [0.2, 0.25) is 0 Å². The van der Waals surface area contributed by atoms with E-state index < -0.39 is 0 Å². The van der Waals surface area contributed by atoms with Crippen LogP contribution in [0.3, 0.4) is 0 Å². The van der Waals surface area contributed by atoms with Crippen LogP contribution in [0.25, 0.3) is 5.69 Å². The van der Waals surface area contributed by atoms with Crippen molar-refractivity contribution in [3.05, 3.63) is 36.9 Å². The van der Waals surface area contributed by atoms with Crippen LogP contribution >= 0.6 is 0 Å². The van der Waals surface area contributed by atoms with Crippen molar-refractivity contribution in [2.24, 2.45) is 0 Å². The first-order valence-electron chi connectivity index (χ1n) is 6.71. The molecule has 0 radical (unpaired) electrons. The average molecular weight is 257 g/mol. The number of hydrogen-bond acceptors (Lipinski definition) is 4. The van der Waals surface area contributed by atoms with E-state index in [0.717, 1.165) is 5.69 Å². The van der Waals surface area contributed by atoms with Crippen LogP contribution in [0.5, 0.6) is 0 Å². The van der Waals surface area contributed by atoms with Gasteiger partial charge in [-0.1, -0.05) is 6.07 Å². The van der Waals surface area contributed by atoms with Gasteiger partial charge in [0, 0.05) is 11.7 Å². The minimum Gasteiger partial charge on any atom is -0.382 e. The number of nitrogens with one attached hydrogen (secondary N) is 1. The first kappa shape index (κ1) is 12.2. The Labute approximate surface area is 113 Å². The third kappa shape index (κ3) is 2.93. The monoisotopic (exact) mass is 257 g/mol. The number of aromatic nitrogens is 3. The summed E-state index contributed by atoms with van der Waals surface area (Å²) in [5.41, 5.74) is 2.25. The van der Waals surface area contributed by atoms with E-state index in [1.54, 1.807) is 12.7 Å². The Morgan fingerprint density at radius 3 is 2.63 bits per heavy atom. The van der Waals surface area contributed by atoms with Crippen molar-refractivity contribution >= 4 is 5.69 Å². The SMILES string of the molecule is CN1CCC(Nc2cccc(-n3cnnc3)c2)CC1. The largest absolute Gasteiger partial charge is 0.382 e. The number of piperidine rings is 1. The Morgan fingerprint density at radius 1 is 1.16 bits per heavy atom. The first-order chi connectivity index (χ1) is 9.31. The molecule has 100 valence electrons. The summed E-state index contributed by atoms with van der Waals surface area (Å²) in [6.07, 6.45) is 5.84. The molecule has 2 aromatic rings. The van der Waals surface area contributed by atoms with E-state index in [0.29, 0.717) is 6.04 Å². The zero-order chi connectivity index (χ0) is 13.1. The maximum atomic E-state index is 3.84. The van der Waals surface area contributed by atoms with Crippen molar-refractivity contribution in [3.8, 4) is 5.69 Å². The molecule has 0 bridgehead atoms. The van der Waals surface area contributed by atoms with Crippen molar-refractivity contribution in [3.63, 3.8) is 0 Å². The Kier molecular flexibility index (Phi) is 3.46. The second-order valence-corrected chi connectivity index (χ2v) is 5.14. The van der Waals surface area contributed by atoms with Crippen LogP contribution in [-0.4, -0.2) is 45.8 Å². The first-order valence-corrected chi connectivity index (χ1v) is 6.71. The molecule has 1 aromatic heterocycles. The maximum absolute atomic E-state index is 3.84. The summed E-state index contributed by atoms with van der Waals surface area (Å²) < 4.78 is 1.92. The fraction of sp³-hybridized carbons (Fsp3) is 0.429. The molecule has 19 heavy (non-hydrogen) atoms. The van der Waals surface area contributed by atoms with Gasteiger partial charge in [0.05, 0.1) is 5.69 Å². The molecule has 0 unspecified atom stereocenters. The lowest BCUT2D eigenvalue weighted by Crippen LogP contribution is -2.36. The number of hydrogen-bond donors (Lipinski definition) is 1. The number of anilines is 1. The highest BCUT2D eigenvalue weighted by Crippen LogP contribution is 2.18. The standard InChI is InChI=1S/C14H19N5/c1-18-7-5-12(6-8-18)17-13-3-2-4-14(9-13)19-10-15-16-11-19/h2-4,9-12,17H,5-8H2,1H3. The molecule has 5 nitrogen and oxygen atoms in total. The molecular weight excluding hydrogens is 238 g/mol. The van der Waals surface area contributed by atoms with Gasteiger partial charge in [0.25, 0.3) is 0 Å². The molecule has 0 spiro atoms. The van der Waals surface area contributed by atoms with E-state index in [1.165, 1.54) is 31.6 Å². The Hall–Kier alpha value is -1.88. The third-order valence-corrected chi connectivity index (χ3v) is 3.65. The summed E-state index contributed by atoms with van der Waals surface area (Å²) in [4.78, 5) is 2.38. The summed E-state index contributed by atoms with van der Waals surface area (Å²) in [5.74, 6) is 0. The highest BCUT2D eigenvalue weighted by molar-refractivity contribution is 5.51. The minimum absolute atomic E-state index is 0.576. The van der Waals surface area contributed by atoms with Gasteiger partial charge in [-0.05, 0) is 51.2 Å². The summed E-state index contributed by atoms with van der Waals surface area (Å²) >= 11 is 0. The second kappa shape index (κ2) is 5.40. The predicted molar refractivity (Wildman–Crippen MR) is 75.5 cm³/mol. The van der Waals surface area contributed by atoms with Gasteiger partial charge in [-0.2, -0.15) is 0 Å². The topological polar surface area (TPSA) is 46.0 Å². The van der Waals surface area contributed by atoms with Crippen LogP contribution in [0, 0.1) is 0 Å². The van der Waals surface area contributed by atoms with Crippen molar-refractivity contribution in [1.29, 1.82) is 0 Å². The lowest BCUT2D eigenvalue weighted by molar-refractivity contribution is 0.264. The van der Waals surface area contributed by atoms with Gasteiger partial charge in [-0.3, -0.25) is 4.57 Å². The van der Waals surface area contributed by atoms with Gasteiger partial charge in [0.1, 0.15) is 12.7 Å². The molecule has 5 heteroatoms. The molecule has 1 aliphatic rings. The lowest BCUT2D eigenvalue weighted by Gasteiger charge is -2.30. The molecule has 1 aliphatic heterocycles. The van der Waals surface area contributed by atoms with Crippen LogP contribution in [0.15, 0.2) is 36.9 Å². The van der Waals surface area contributed by atoms with E-state index in [9.17, 15) is 0 Å². The Bertz CT molecular complexity index is 514. The molecular formula is C14H19N5. The van der Waals surface area contributed by atoms with Gasteiger partial charge < -0.3 is 10.2 Å². The normalized spacial score (nSPS) is 17.5. The minimum atomic E-state index is 0.576. The van der Waals surface area contributed by atoms with E-state index in [2.05, 4.69) is 51.7 Å². The molecule has 1 N–H and O–H groups in total. The van der Waals surface area contributed by atoms with Crippen LogP contribution in [0.4, 0.5) is 5.69 Å². The number of likely N-dealkylation sites (tertiary alicyclic amines) is 1. The van der Waals surface area contributed by atoms with Crippen molar-refractivity contribution in [1.82, 2.24) is 19.7 Å². The lowest BCUT2D eigenvalue weighted by atomic mass is 10.1. The van der Waals surface area contributed by atoms with E-state index in [4.69, 9.17) is 0 Å². The Morgan fingerprint density at radius 2 is 1.89 bits per heavy atom. The molecule has 3 rings (SSSR count). The van der Waals surface area contributed by atoms with Crippen LogP contribution in [0.1, 0.15) is 12.8 Å². The number of nitrogens with zero attached hydrogens (tertiary/aromatic N) is 4. The van der Waals surface area contributed by atoms with Gasteiger partial charge in [0.15, 0.2) is 0 Å². The second-order valence-electron chi connectivity index (χ2n) is 5.14. The van der Waals surface area contributed by atoms with E-state index in [-0.39, 0.29) is 0 Å². The highest BCUT2D eigenvalue weighted by atomic mass is 15.2. The zero-order valence-corrected chi connectivity index (χ0v) is 11.2. The number of rotatable bonds is 3. The highest BCUT2D eigenvalue weighted by Gasteiger charge is 2.16. The maximum Gasteiger partial charge on any atom is 0.123 e. The molecule has 1 aromatic carbocycles. The smallest absolute Gasteiger partial charge is 0.123 e. The van der Waals surface area contributed by atoms with Crippen LogP contribution < -0.4 is 5.32 Å². The van der Waals surface area contributed by atoms with E-state index in [1.807, 2.05) is 4.57 Å². The fourth-order valence-corrected chi connectivity index (χ4v) is 2.48. The fourth-order valence-electron chi connectivity index (χ4n) is 2.48. The summed E-state index contributed by atoms with van der Waals surface area (Å²) in [5, 5.41) is 11.3. The number of benzene rings is 1. The predicted octanol–water partition coefficient (Wildman–Crippen LogP) is 1.77. The molecule has 0 atom stereocenters. The molecule has 0 aliphatic carbocycles. The summed E-state index contributed by atoms with van der Waals surface area (Å²) in [6.45, 7) is 2.34.